The Morgan fingerprint density at radius 1 is 1.11 bits per heavy atom. The van der Waals surface area contributed by atoms with Crippen LogP contribution in [0.3, 0.4) is 0 Å². The Balaban J connectivity index is 2.28. The summed E-state index contributed by atoms with van der Waals surface area (Å²) < 4.78 is 26.9. The minimum Gasteiger partial charge on any atom is -0.399 e. The van der Waals surface area contributed by atoms with E-state index in [2.05, 4.69) is 5.32 Å². The predicted octanol–water partition coefficient (Wildman–Crippen LogP) is 3.45. The summed E-state index contributed by atoms with van der Waals surface area (Å²) in [5.41, 5.74) is 5.43. The standard InChI is InChI=1S/C13H9ClF2N2O/c14-7-1-3-9(11(16)5-7)13(19)18-12-6-8(17)2-4-10(12)15/h1-6H,17H2,(H,18,19). The van der Waals surface area contributed by atoms with Crippen LogP contribution in [0.4, 0.5) is 20.2 Å². The fraction of sp³-hybridized carbons (Fsp3) is 0. The molecule has 0 atom stereocenters. The molecule has 2 rings (SSSR count). The van der Waals surface area contributed by atoms with Gasteiger partial charge in [0.15, 0.2) is 0 Å². The number of amides is 1. The average Bonchev–Trinajstić information content (AvgIpc) is 2.33. The van der Waals surface area contributed by atoms with Gasteiger partial charge >= 0.3 is 0 Å². The van der Waals surface area contributed by atoms with Gasteiger partial charge in [-0.05, 0) is 36.4 Å². The number of rotatable bonds is 2. The molecule has 0 aliphatic carbocycles. The fourth-order valence-electron chi connectivity index (χ4n) is 1.50. The number of nitrogen functional groups attached to an aromatic ring is 1. The monoisotopic (exact) mass is 282 g/mol. The van der Waals surface area contributed by atoms with Gasteiger partial charge in [0.05, 0.1) is 11.3 Å². The summed E-state index contributed by atoms with van der Waals surface area (Å²) >= 11 is 5.58. The summed E-state index contributed by atoms with van der Waals surface area (Å²) in [6.45, 7) is 0. The lowest BCUT2D eigenvalue weighted by molar-refractivity contribution is 0.102. The maximum Gasteiger partial charge on any atom is 0.258 e. The zero-order valence-corrected chi connectivity index (χ0v) is 10.3. The maximum absolute atomic E-state index is 13.5. The van der Waals surface area contributed by atoms with Crippen molar-refractivity contribution < 1.29 is 13.6 Å². The third-order valence-corrected chi connectivity index (χ3v) is 2.65. The highest BCUT2D eigenvalue weighted by atomic mass is 35.5. The van der Waals surface area contributed by atoms with Gasteiger partial charge in [0.1, 0.15) is 11.6 Å². The first kappa shape index (κ1) is 13.3. The molecule has 2 aromatic carbocycles. The lowest BCUT2D eigenvalue weighted by Crippen LogP contribution is -2.14. The van der Waals surface area contributed by atoms with E-state index in [1.807, 2.05) is 0 Å². The van der Waals surface area contributed by atoms with Crippen molar-refractivity contribution in [1.29, 1.82) is 0 Å². The molecule has 0 aromatic heterocycles. The Kier molecular flexibility index (Phi) is 3.66. The average molecular weight is 283 g/mol. The summed E-state index contributed by atoms with van der Waals surface area (Å²) in [6.07, 6.45) is 0. The molecular weight excluding hydrogens is 274 g/mol. The molecule has 0 unspecified atom stereocenters. The fourth-order valence-corrected chi connectivity index (χ4v) is 1.66. The molecular formula is C13H9ClF2N2O. The molecule has 19 heavy (non-hydrogen) atoms. The molecule has 0 aliphatic heterocycles. The number of halogens is 3. The molecule has 0 saturated carbocycles. The summed E-state index contributed by atoms with van der Waals surface area (Å²) in [7, 11) is 0. The van der Waals surface area contributed by atoms with Gasteiger partial charge < -0.3 is 11.1 Å². The van der Waals surface area contributed by atoms with Gasteiger partial charge in [-0.2, -0.15) is 0 Å². The molecule has 98 valence electrons. The van der Waals surface area contributed by atoms with Crippen molar-refractivity contribution in [3.63, 3.8) is 0 Å². The van der Waals surface area contributed by atoms with Crippen LogP contribution in [-0.2, 0) is 0 Å². The van der Waals surface area contributed by atoms with Crippen molar-refractivity contribution in [1.82, 2.24) is 0 Å². The summed E-state index contributed by atoms with van der Waals surface area (Å²) in [5, 5.41) is 2.42. The van der Waals surface area contributed by atoms with Crippen LogP contribution in [0, 0.1) is 11.6 Å². The second-order valence-electron chi connectivity index (χ2n) is 3.82. The van der Waals surface area contributed by atoms with Crippen molar-refractivity contribution in [2.45, 2.75) is 0 Å². The van der Waals surface area contributed by atoms with E-state index in [-0.39, 0.29) is 22.0 Å². The van der Waals surface area contributed by atoms with Crippen LogP contribution >= 0.6 is 11.6 Å². The second-order valence-corrected chi connectivity index (χ2v) is 4.25. The number of hydrogen-bond acceptors (Lipinski definition) is 2. The van der Waals surface area contributed by atoms with Gasteiger partial charge in [-0.1, -0.05) is 11.6 Å². The quantitative estimate of drug-likeness (QED) is 0.829. The van der Waals surface area contributed by atoms with Crippen LogP contribution in [0.5, 0.6) is 0 Å². The minimum absolute atomic E-state index is 0.112. The van der Waals surface area contributed by atoms with Crippen molar-refractivity contribution in [2.75, 3.05) is 11.1 Å². The molecule has 0 saturated heterocycles. The smallest absolute Gasteiger partial charge is 0.258 e. The van der Waals surface area contributed by atoms with Gasteiger partial charge in [-0.15, -0.1) is 0 Å². The predicted molar refractivity (Wildman–Crippen MR) is 70.2 cm³/mol. The van der Waals surface area contributed by atoms with Crippen LogP contribution in [0.25, 0.3) is 0 Å². The summed E-state index contributed by atoms with van der Waals surface area (Å²) in [6, 6.07) is 7.32. The molecule has 1 amide bonds. The molecule has 3 nitrogen and oxygen atoms in total. The minimum atomic E-state index is -0.783. The Hall–Kier alpha value is -2.14. The van der Waals surface area contributed by atoms with Crippen LogP contribution in [-0.4, -0.2) is 5.91 Å². The molecule has 0 heterocycles. The number of hydrogen-bond donors (Lipinski definition) is 2. The highest BCUT2D eigenvalue weighted by Gasteiger charge is 2.14. The third-order valence-electron chi connectivity index (χ3n) is 2.41. The van der Waals surface area contributed by atoms with Gasteiger partial charge in [0.2, 0.25) is 0 Å². The Morgan fingerprint density at radius 3 is 2.53 bits per heavy atom. The van der Waals surface area contributed by atoms with E-state index in [1.165, 1.54) is 24.3 Å². The van der Waals surface area contributed by atoms with E-state index in [1.54, 1.807) is 0 Å². The summed E-state index contributed by atoms with van der Waals surface area (Å²) in [5.74, 6) is -2.22. The van der Waals surface area contributed by atoms with E-state index >= 15 is 0 Å². The molecule has 0 spiro atoms. The van der Waals surface area contributed by atoms with E-state index in [0.29, 0.717) is 0 Å². The number of nitrogens with two attached hydrogens (primary N) is 1. The van der Waals surface area contributed by atoms with E-state index in [0.717, 1.165) is 12.1 Å². The highest BCUT2D eigenvalue weighted by Crippen LogP contribution is 2.20. The van der Waals surface area contributed by atoms with Crippen LogP contribution in [0.1, 0.15) is 10.4 Å². The van der Waals surface area contributed by atoms with Crippen molar-refractivity contribution in [2.24, 2.45) is 0 Å². The molecule has 0 fully saturated rings. The van der Waals surface area contributed by atoms with Gasteiger partial charge in [-0.3, -0.25) is 4.79 Å². The van der Waals surface area contributed by atoms with E-state index in [9.17, 15) is 13.6 Å². The SMILES string of the molecule is Nc1ccc(F)c(NC(=O)c2ccc(Cl)cc2F)c1. The molecule has 3 N–H and O–H groups in total. The molecule has 6 heteroatoms. The molecule has 0 bridgehead atoms. The lowest BCUT2D eigenvalue weighted by Gasteiger charge is -2.08. The highest BCUT2D eigenvalue weighted by molar-refractivity contribution is 6.30. The van der Waals surface area contributed by atoms with Gasteiger partial charge in [-0.25, -0.2) is 8.78 Å². The summed E-state index contributed by atoms with van der Waals surface area (Å²) in [4.78, 5) is 11.8. The number of carbonyl (C=O) groups is 1. The van der Waals surface area contributed by atoms with Gasteiger partial charge in [0, 0.05) is 10.7 Å². The Labute approximate surface area is 113 Å². The zero-order chi connectivity index (χ0) is 14.0. The maximum atomic E-state index is 13.5. The Bertz CT molecular complexity index is 647. The van der Waals surface area contributed by atoms with Crippen molar-refractivity contribution in [3.05, 3.63) is 58.6 Å². The van der Waals surface area contributed by atoms with Crippen molar-refractivity contribution >= 4 is 28.9 Å². The largest absolute Gasteiger partial charge is 0.399 e. The Morgan fingerprint density at radius 2 is 1.84 bits per heavy atom. The van der Waals surface area contributed by atoms with Crippen LogP contribution in [0.15, 0.2) is 36.4 Å². The van der Waals surface area contributed by atoms with E-state index in [4.69, 9.17) is 17.3 Å². The number of benzene rings is 2. The lowest BCUT2D eigenvalue weighted by atomic mass is 10.2. The molecule has 2 aromatic rings. The first-order valence-corrected chi connectivity index (χ1v) is 5.66. The first-order valence-electron chi connectivity index (χ1n) is 5.29. The number of nitrogens with one attached hydrogen (secondary N) is 1. The normalized spacial score (nSPS) is 10.3. The zero-order valence-electron chi connectivity index (χ0n) is 9.58. The topological polar surface area (TPSA) is 55.1 Å². The third kappa shape index (κ3) is 3.00. The number of anilines is 2. The second kappa shape index (κ2) is 5.24. The molecule has 0 aliphatic rings. The van der Waals surface area contributed by atoms with Crippen LogP contribution in [0.2, 0.25) is 5.02 Å². The van der Waals surface area contributed by atoms with Crippen LogP contribution < -0.4 is 11.1 Å². The van der Waals surface area contributed by atoms with E-state index < -0.39 is 17.5 Å². The van der Waals surface area contributed by atoms with Crippen molar-refractivity contribution in [3.8, 4) is 0 Å². The van der Waals surface area contributed by atoms with Gasteiger partial charge in [0.25, 0.3) is 5.91 Å². The number of carbonyl (C=O) groups excluding carboxylic acids is 1. The molecule has 0 radical (unpaired) electrons. The first-order chi connectivity index (χ1) is 8.97.